The zero-order valence-electron chi connectivity index (χ0n) is 7.97. The molecule has 3 nitrogen and oxygen atoms in total. The molecule has 0 saturated heterocycles. The van der Waals surface area contributed by atoms with E-state index in [0.29, 0.717) is 5.69 Å². The van der Waals surface area contributed by atoms with Crippen LogP contribution in [0.1, 0.15) is 17.9 Å². The molecule has 76 valence electrons. The number of hydrogen-bond donors (Lipinski definition) is 1. The summed E-state index contributed by atoms with van der Waals surface area (Å²) in [6, 6.07) is 7.46. The van der Waals surface area contributed by atoms with E-state index in [9.17, 15) is 8.42 Å². The van der Waals surface area contributed by atoms with Crippen LogP contribution < -0.4 is 5.73 Å². The van der Waals surface area contributed by atoms with Crippen LogP contribution in [0, 0.1) is 0 Å². The van der Waals surface area contributed by atoms with E-state index in [1.165, 1.54) is 6.26 Å². The lowest BCUT2D eigenvalue weighted by Gasteiger charge is -2.00. The van der Waals surface area contributed by atoms with Gasteiger partial charge in [0.05, 0.1) is 5.25 Å². The van der Waals surface area contributed by atoms with Gasteiger partial charge in [-0.05, 0) is 24.1 Å². The van der Waals surface area contributed by atoms with E-state index in [-0.39, 0.29) is 11.2 Å². The highest BCUT2D eigenvalue weighted by molar-refractivity contribution is 7.91. The van der Waals surface area contributed by atoms with Gasteiger partial charge in [0.25, 0.3) is 0 Å². The van der Waals surface area contributed by atoms with Gasteiger partial charge in [-0.3, -0.25) is 0 Å². The Morgan fingerprint density at radius 2 is 2.14 bits per heavy atom. The van der Waals surface area contributed by atoms with Gasteiger partial charge in [0.2, 0.25) is 0 Å². The van der Waals surface area contributed by atoms with Crippen molar-refractivity contribution in [1.29, 1.82) is 0 Å². The third kappa shape index (κ3) is 1.75. The predicted octanol–water partition coefficient (Wildman–Crippen LogP) is 1.17. The molecule has 14 heavy (non-hydrogen) atoms. The molecule has 0 unspecified atom stereocenters. The first kappa shape index (κ1) is 9.52. The average molecular weight is 211 g/mol. The van der Waals surface area contributed by atoms with E-state index in [0.717, 1.165) is 12.0 Å². The van der Waals surface area contributed by atoms with Crippen LogP contribution in [0.3, 0.4) is 0 Å². The van der Waals surface area contributed by atoms with Gasteiger partial charge in [-0.25, -0.2) is 8.42 Å². The molecule has 0 radical (unpaired) electrons. The van der Waals surface area contributed by atoms with Crippen molar-refractivity contribution in [2.24, 2.45) is 0 Å². The first-order chi connectivity index (χ1) is 6.48. The molecule has 1 fully saturated rings. The van der Waals surface area contributed by atoms with E-state index >= 15 is 0 Å². The summed E-state index contributed by atoms with van der Waals surface area (Å²) >= 11 is 0. The Bertz CT molecular complexity index is 453. The van der Waals surface area contributed by atoms with Crippen LogP contribution in [0.2, 0.25) is 0 Å². The van der Waals surface area contributed by atoms with Gasteiger partial charge < -0.3 is 5.73 Å². The monoisotopic (exact) mass is 211 g/mol. The average Bonchev–Trinajstić information content (AvgIpc) is 2.81. The number of rotatable bonds is 2. The van der Waals surface area contributed by atoms with Crippen molar-refractivity contribution >= 4 is 15.5 Å². The molecule has 0 heterocycles. The Hall–Kier alpha value is -1.03. The van der Waals surface area contributed by atoms with Crippen LogP contribution in [-0.2, 0) is 9.84 Å². The molecular formula is C10H13NO2S. The maximum Gasteiger partial charge on any atom is 0.150 e. The van der Waals surface area contributed by atoms with E-state index in [2.05, 4.69) is 0 Å². The molecule has 0 bridgehead atoms. The van der Waals surface area contributed by atoms with Gasteiger partial charge in [-0.2, -0.15) is 0 Å². The minimum atomic E-state index is -2.88. The fraction of sp³-hybridized carbons (Fsp3) is 0.400. The molecule has 0 aliphatic heterocycles. The minimum Gasteiger partial charge on any atom is -0.399 e. The maximum atomic E-state index is 11.2. The number of benzene rings is 1. The minimum absolute atomic E-state index is 0.161. The highest BCUT2D eigenvalue weighted by Gasteiger charge is 2.45. The molecule has 0 amide bonds. The Morgan fingerprint density at radius 3 is 2.64 bits per heavy atom. The van der Waals surface area contributed by atoms with Crippen molar-refractivity contribution in [3.63, 3.8) is 0 Å². The summed E-state index contributed by atoms with van der Waals surface area (Å²) in [6.45, 7) is 0. The Labute approximate surface area is 83.9 Å². The van der Waals surface area contributed by atoms with E-state index in [1.807, 2.05) is 18.2 Å². The Kier molecular flexibility index (Phi) is 2.03. The normalized spacial score (nSPS) is 26.1. The van der Waals surface area contributed by atoms with Gasteiger partial charge >= 0.3 is 0 Å². The second-order valence-corrected chi connectivity index (χ2v) is 6.14. The van der Waals surface area contributed by atoms with Crippen LogP contribution in [0.4, 0.5) is 5.69 Å². The third-order valence-corrected chi connectivity index (χ3v) is 4.24. The maximum absolute atomic E-state index is 11.2. The SMILES string of the molecule is CS(=O)(=O)[C@H]1C[C@H]1c1cccc(N)c1. The summed E-state index contributed by atoms with van der Waals surface area (Å²) in [6.07, 6.45) is 2.03. The third-order valence-electron chi connectivity index (χ3n) is 2.62. The van der Waals surface area contributed by atoms with Gasteiger partial charge in [-0.15, -0.1) is 0 Å². The zero-order valence-corrected chi connectivity index (χ0v) is 8.79. The van der Waals surface area contributed by atoms with Crippen molar-refractivity contribution in [2.45, 2.75) is 17.6 Å². The molecular weight excluding hydrogens is 198 g/mol. The van der Waals surface area contributed by atoms with Gasteiger partial charge in [0.1, 0.15) is 0 Å². The molecule has 0 aromatic heterocycles. The lowest BCUT2D eigenvalue weighted by Crippen LogP contribution is -2.05. The Morgan fingerprint density at radius 1 is 1.43 bits per heavy atom. The fourth-order valence-electron chi connectivity index (χ4n) is 1.79. The lowest BCUT2D eigenvalue weighted by atomic mass is 10.1. The first-order valence-corrected chi connectivity index (χ1v) is 6.48. The van der Waals surface area contributed by atoms with Crippen molar-refractivity contribution < 1.29 is 8.42 Å². The summed E-state index contributed by atoms with van der Waals surface area (Å²) in [4.78, 5) is 0. The van der Waals surface area contributed by atoms with Crippen molar-refractivity contribution in [3.05, 3.63) is 29.8 Å². The first-order valence-electron chi connectivity index (χ1n) is 4.53. The Balaban J connectivity index is 2.22. The zero-order chi connectivity index (χ0) is 10.3. The number of hydrogen-bond acceptors (Lipinski definition) is 3. The van der Waals surface area contributed by atoms with E-state index in [1.54, 1.807) is 6.07 Å². The molecule has 1 aliphatic rings. The second kappa shape index (κ2) is 2.98. The summed E-state index contributed by atoms with van der Waals surface area (Å²) in [5, 5.41) is -0.190. The molecule has 1 aromatic rings. The number of nitrogens with two attached hydrogens (primary N) is 1. The number of anilines is 1. The molecule has 1 aromatic carbocycles. The number of sulfone groups is 1. The van der Waals surface area contributed by atoms with Gasteiger partial charge in [-0.1, -0.05) is 12.1 Å². The summed E-state index contributed by atoms with van der Waals surface area (Å²) in [5.41, 5.74) is 7.37. The molecule has 2 rings (SSSR count). The topological polar surface area (TPSA) is 60.2 Å². The summed E-state index contributed by atoms with van der Waals surface area (Å²) in [7, 11) is -2.88. The van der Waals surface area contributed by atoms with Gasteiger partial charge in [0.15, 0.2) is 9.84 Å². The van der Waals surface area contributed by atoms with Crippen molar-refractivity contribution in [2.75, 3.05) is 12.0 Å². The number of nitrogen functional groups attached to an aromatic ring is 1. The standard InChI is InChI=1S/C10H13NO2S/c1-14(12,13)10-6-9(10)7-3-2-4-8(11)5-7/h2-5,9-10H,6,11H2,1H3/t9-,10-/m0/s1. The quantitative estimate of drug-likeness (QED) is 0.747. The molecule has 2 atom stereocenters. The summed E-state index contributed by atoms with van der Waals surface area (Å²) in [5.74, 6) is 0.161. The highest BCUT2D eigenvalue weighted by atomic mass is 32.2. The van der Waals surface area contributed by atoms with Crippen LogP contribution >= 0.6 is 0 Å². The molecule has 1 aliphatic carbocycles. The van der Waals surface area contributed by atoms with E-state index in [4.69, 9.17) is 5.73 Å². The van der Waals surface area contributed by atoms with Crippen LogP contribution in [0.25, 0.3) is 0 Å². The molecule has 0 spiro atoms. The van der Waals surface area contributed by atoms with Crippen LogP contribution in [-0.4, -0.2) is 19.9 Å². The predicted molar refractivity (Wildman–Crippen MR) is 56.8 cm³/mol. The van der Waals surface area contributed by atoms with Crippen LogP contribution in [0.15, 0.2) is 24.3 Å². The van der Waals surface area contributed by atoms with E-state index < -0.39 is 9.84 Å². The lowest BCUT2D eigenvalue weighted by molar-refractivity contribution is 0.600. The molecule has 2 N–H and O–H groups in total. The smallest absolute Gasteiger partial charge is 0.150 e. The fourth-order valence-corrected chi connectivity index (χ4v) is 3.10. The second-order valence-electron chi connectivity index (χ2n) is 3.88. The van der Waals surface area contributed by atoms with Crippen molar-refractivity contribution in [3.8, 4) is 0 Å². The molecule has 1 saturated carbocycles. The van der Waals surface area contributed by atoms with Gasteiger partial charge in [0, 0.05) is 17.9 Å². The van der Waals surface area contributed by atoms with Crippen LogP contribution in [0.5, 0.6) is 0 Å². The van der Waals surface area contributed by atoms with Crippen molar-refractivity contribution in [1.82, 2.24) is 0 Å². The largest absolute Gasteiger partial charge is 0.399 e. The molecule has 4 heteroatoms. The highest BCUT2D eigenvalue weighted by Crippen LogP contribution is 2.45. The summed E-state index contributed by atoms with van der Waals surface area (Å²) < 4.78 is 22.5.